The maximum Gasteiger partial charge on any atom is 0.389 e. The van der Waals surface area contributed by atoms with E-state index in [1.54, 1.807) is 0 Å². The van der Waals surface area contributed by atoms with Crippen LogP contribution in [0.4, 0.5) is 24.5 Å². The van der Waals surface area contributed by atoms with Crippen LogP contribution in [0.15, 0.2) is 18.2 Å². The van der Waals surface area contributed by atoms with Crippen LogP contribution in [0.1, 0.15) is 12.8 Å². The third kappa shape index (κ3) is 5.07. The molecule has 0 radical (unpaired) electrons. The van der Waals surface area contributed by atoms with E-state index >= 15 is 0 Å². The van der Waals surface area contributed by atoms with E-state index in [-0.39, 0.29) is 18.7 Å². The molecule has 0 atom stereocenters. The molecule has 1 N–H and O–H groups in total. The predicted molar refractivity (Wildman–Crippen MR) is 69.6 cm³/mol. The average molecular weight is 374 g/mol. The zero-order valence-electron chi connectivity index (χ0n) is 9.13. The number of halogens is 4. The maximum absolute atomic E-state index is 11.9. The molecule has 0 fully saturated rings. The molecule has 1 rings (SSSR count). The van der Waals surface area contributed by atoms with Gasteiger partial charge in [-0.2, -0.15) is 13.2 Å². The molecule has 0 spiro atoms. The van der Waals surface area contributed by atoms with Crippen LogP contribution in [0.3, 0.4) is 0 Å². The highest BCUT2D eigenvalue weighted by molar-refractivity contribution is 14.1. The zero-order valence-corrected chi connectivity index (χ0v) is 11.3. The molecule has 0 aromatic heterocycles. The highest BCUT2D eigenvalue weighted by Gasteiger charge is 2.25. The molecule has 0 saturated carbocycles. The first-order valence-electron chi connectivity index (χ1n) is 5.04. The van der Waals surface area contributed by atoms with Gasteiger partial charge in [-0.15, -0.1) is 0 Å². The topological polar surface area (TPSA) is 55.2 Å². The van der Waals surface area contributed by atoms with E-state index in [1.165, 1.54) is 18.2 Å². The van der Waals surface area contributed by atoms with Crippen LogP contribution in [0.5, 0.6) is 0 Å². The predicted octanol–water partition coefficient (Wildman–Crippen LogP) is 3.95. The first kappa shape index (κ1) is 15.0. The van der Waals surface area contributed by atoms with E-state index in [1.807, 2.05) is 22.6 Å². The number of rotatable bonds is 5. The number of anilines is 1. The number of nitro groups is 1. The smallest absolute Gasteiger partial charge is 0.384 e. The van der Waals surface area contributed by atoms with Crippen LogP contribution in [-0.4, -0.2) is 17.6 Å². The number of non-ortho nitro benzene ring substituents is 1. The summed E-state index contributed by atoms with van der Waals surface area (Å²) in [7, 11) is 0. The fourth-order valence-corrected chi connectivity index (χ4v) is 1.96. The quantitative estimate of drug-likeness (QED) is 0.368. The van der Waals surface area contributed by atoms with Gasteiger partial charge < -0.3 is 5.32 Å². The first-order chi connectivity index (χ1) is 8.29. The van der Waals surface area contributed by atoms with Crippen molar-refractivity contribution in [1.82, 2.24) is 0 Å². The molecular weight excluding hydrogens is 364 g/mol. The Morgan fingerprint density at radius 3 is 2.56 bits per heavy atom. The minimum Gasteiger partial charge on any atom is -0.384 e. The van der Waals surface area contributed by atoms with Gasteiger partial charge in [-0.1, -0.05) is 0 Å². The van der Waals surface area contributed by atoms with Crippen LogP contribution in [0.2, 0.25) is 0 Å². The summed E-state index contributed by atoms with van der Waals surface area (Å²) in [6, 6.07) is 4.17. The van der Waals surface area contributed by atoms with Crippen LogP contribution in [0, 0.1) is 13.7 Å². The fraction of sp³-hybridized carbons (Fsp3) is 0.400. The molecule has 0 bridgehead atoms. The van der Waals surface area contributed by atoms with Gasteiger partial charge in [0.25, 0.3) is 5.69 Å². The largest absolute Gasteiger partial charge is 0.389 e. The van der Waals surface area contributed by atoms with Crippen molar-refractivity contribution in [1.29, 1.82) is 0 Å². The van der Waals surface area contributed by atoms with E-state index in [0.29, 0.717) is 9.26 Å². The summed E-state index contributed by atoms with van der Waals surface area (Å²) < 4.78 is 36.3. The van der Waals surface area contributed by atoms with Crippen molar-refractivity contribution in [2.45, 2.75) is 19.0 Å². The van der Waals surface area contributed by atoms with Crippen molar-refractivity contribution >= 4 is 34.0 Å². The summed E-state index contributed by atoms with van der Waals surface area (Å²) in [5.41, 5.74) is 0.559. The second kappa shape index (κ2) is 6.21. The molecule has 0 heterocycles. The second-order valence-corrected chi connectivity index (χ2v) is 4.73. The summed E-state index contributed by atoms with van der Waals surface area (Å²) in [5.74, 6) is 0. The Bertz CT molecular complexity index is 438. The van der Waals surface area contributed by atoms with Gasteiger partial charge in [0.2, 0.25) is 0 Å². The average Bonchev–Trinajstić information content (AvgIpc) is 2.24. The SMILES string of the molecule is O=[N+]([O-])c1ccc(NCCCC(F)(F)F)c(I)c1. The lowest BCUT2D eigenvalue weighted by atomic mass is 10.2. The Hall–Kier alpha value is -1.06. The number of hydrogen-bond acceptors (Lipinski definition) is 3. The summed E-state index contributed by atoms with van der Waals surface area (Å²) in [6.07, 6.45) is -5.02. The van der Waals surface area contributed by atoms with E-state index in [2.05, 4.69) is 5.32 Å². The standard InChI is InChI=1S/C10H10F3IN2O2/c11-10(12,13)4-1-5-15-9-3-2-7(16(17)18)6-8(9)14/h2-3,6,15H,1,4-5H2. The lowest BCUT2D eigenvalue weighted by molar-refractivity contribution is -0.384. The molecule has 0 saturated heterocycles. The van der Waals surface area contributed by atoms with Crippen LogP contribution in [-0.2, 0) is 0 Å². The lowest BCUT2D eigenvalue weighted by Gasteiger charge is -2.09. The summed E-state index contributed by atoms with van der Waals surface area (Å²) >= 11 is 1.90. The van der Waals surface area contributed by atoms with Gasteiger partial charge in [-0.05, 0) is 35.1 Å². The Balaban J connectivity index is 2.51. The van der Waals surface area contributed by atoms with Gasteiger partial charge >= 0.3 is 6.18 Å². The molecule has 0 amide bonds. The number of benzene rings is 1. The lowest BCUT2D eigenvalue weighted by Crippen LogP contribution is -2.11. The van der Waals surface area contributed by atoms with Crippen LogP contribution in [0.25, 0.3) is 0 Å². The van der Waals surface area contributed by atoms with E-state index in [0.717, 1.165) is 0 Å². The van der Waals surface area contributed by atoms with Gasteiger partial charge in [-0.3, -0.25) is 10.1 Å². The number of nitrogens with one attached hydrogen (secondary N) is 1. The Kier molecular flexibility index (Phi) is 5.17. The number of hydrogen-bond donors (Lipinski definition) is 1. The van der Waals surface area contributed by atoms with Gasteiger partial charge in [-0.25, -0.2) is 0 Å². The minimum atomic E-state index is -4.15. The van der Waals surface area contributed by atoms with Crippen LogP contribution < -0.4 is 5.32 Å². The molecular formula is C10H10F3IN2O2. The Morgan fingerprint density at radius 2 is 2.06 bits per heavy atom. The molecule has 4 nitrogen and oxygen atoms in total. The molecule has 0 aliphatic rings. The summed E-state index contributed by atoms with van der Waals surface area (Å²) in [6.45, 7) is 0.174. The molecule has 1 aromatic rings. The van der Waals surface area contributed by atoms with E-state index in [9.17, 15) is 23.3 Å². The molecule has 18 heavy (non-hydrogen) atoms. The Morgan fingerprint density at radius 1 is 1.39 bits per heavy atom. The highest BCUT2D eigenvalue weighted by atomic mass is 127. The first-order valence-corrected chi connectivity index (χ1v) is 6.12. The van der Waals surface area contributed by atoms with Crippen LogP contribution >= 0.6 is 22.6 Å². The molecule has 1 aromatic carbocycles. The van der Waals surface area contributed by atoms with Gasteiger partial charge in [0.15, 0.2) is 0 Å². The number of nitrogens with zero attached hydrogens (tertiary/aromatic N) is 1. The van der Waals surface area contributed by atoms with Crippen molar-refractivity contribution in [3.05, 3.63) is 31.9 Å². The maximum atomic E-state index is 11.9. The van der Waals surface area contributed by atoms with Crippen molar-refractivity contribution < 1.29 is 18.1 Å². The van der Waals surface area contributed by atoms with E-state index < -0.39 is 17.5 Å². The van der Waals surface area contributed by atoms with Crippen molar-refractivity contribution in [3.63, 3.8) is 0 Å². The second-order valence-electron chi connectivity index (χ2n) is 3.57. The molecule has 8 heteroatoms. The van der Waals surface area contributed by atoms with Gasteiger partial charge in [0, 0.05) is 34.4 Å². The molecule has 0 aliphatic heterocycles. The van der Waals surface area contributed by atoms with Crippen molar-refractivity contribution in [3.8, 4) is 0 Å². The highest BCUT2D eigenvalue weighted by Crippen LogP contribution is 2.24. The zero-order chi connectivity index (χ0) is 13.8. The third-order valence-corrected chi connectivity index (χ3v) is 3.01. The van der Waals surface area contributed by atoms with E-state index in [4.69, 9.17) is 0 Å². The third-order valence-electron chi connectivity index (χ3n) is 2.12. The molecule has 0 aliphatic carbocycles. The summed E-state index contributed by atoms with van der Waals surface area (Å²) in [4.78, 5) is 9.97. The number of nitro benzene ring substituents is 1. The summed E-state index contributed by atoms with van der Waals surface area (Å²) in [5, 5.41) is 13.3. The van der Waals surface area contributed by atoms with Gasteiger partial charge in [0.05, 0.1) is 4.92 Å². The van der Waals surface area contributed by atoms with Gasteiger partial charge in [0.1, 0.15) is 0 Å². The van der Waals surface area contributed by atoms with Crippen molar-refractivity contribution in [2.24, 2.45) is 0 Å². The molecule has 0 unspecified atom stereocenters. The van der Waals surface area contributed by atoms with Crippen molar-refractivity contribution in [2.75, 3.05) is 11.9 Å². The minimum absolute atomic E-state index is 0.0312. The number of alkyl halides is 3. The molecule has 100 valence electrons. The Labute approximate surface area is 115 Å². The fourth-order valence-electron chi connectivity index (χ4n) is 1.27. The normalized spacial score (nSPS) is 11.3. The monoisotopic (exact) mass is 374 g/mol.